The summed E-state index contributed by atoms with van der Waals surface area (Å²) < 4.78 is 13.8. The molecule has 39 heavy (non-hydrogen) atoms. The van der Waals surface area contributed by atoms with Crippen molar-refractivity contribution >= 4 is 11.9 Å². The molecule has 0 spiro atoms. The highest BCUT2D eigenvalue weighted by Crippen LogP contribution is 2.51. The quantitative estimate of drug-likeness (QED) is 0.222. The van der Waals surface area contributed by atoms with Crippen LogP contribution in [0.4, 0.5) is 4.39 Å². The van der Waals surface area contributed by atoms with E-state index in [0.717, 1.165) is 29.5 Å². The van der Waals surface area contributed by atoms with Crippen molar-refractivity contribution in [3.63, 3.8) is 0 Å². The maximum Gasteiger partial charge on any atom is 0.171 e. The third kappa shape index (κ3) is 5.59. The summed E-state index contributed by atoms with van der Waals surface area (Å²) in [5.74, 6) is -0.191. The zero-order chi connectivity index (χ0) is 27.6. The minimum Gasteiger partial charge on any atom is -0.293 e. The molecule has 1 heterocycles. The Morgan fingerprint density at radius 1 is 1.03 bits per heavy atom. The van der Waals surface area contributed by atoms with Gasteiger partial charge >= 0.3 is 0 Å². The molecule has 0 unspecified atom stereocenters. The summed E-state index contributed by atoms with van der Waals surface area (Å²) in [7, 11) is 0. The lowest BCUT2D eigenvalue weighted by molar-refractivity contribution is 0.0897. The van der Waals surface area contributed by atoms with Crippen LogP contribution in [0.5, 0.6) is 0 Å². The van der Waals surface area contributed by atoms with Gasteiger partial charge in [0.05, 0.1) is 23.0 Å². The summed E-state index contributed by atoms with van der Waals surface area (Å²) in [4.78, 5) is 19.2. The van der Waals surface area contributed by atoms with Crippen LogP contribution >= 0.6 is 0 Å². The van der Waals surface area contributed by atoms with Crippen LogP contribution in [0.3, 0.4) is 0 Å². The molecule has 0 aliphatic heterocycles. The Bertz CT molecular complexity index is 1600. The van der Waals surface area contributed by atoms with Gasteiger partial charge in [0, 0.05) is 22.0 Å². The fourth-order valence-corrected chi connectivity index (χ4v) is 5.10. The first-order chi connectivity index (χ1) is 18.7. The molecule has 1 aliphatic carbocycles. The summed E-state index contributed by atoms with van der Waals surface area (Å²) in [5, 5.41) is 9.68. The van der Waals surface area contributed by atoms with Crippen molar-refractivity contribution in [2.24, 2.45) is 5.41 Å². The van der Waals surface area contributed by atoms with Crippen molar-refractivity contribution in [1.82, 2.24) is 4.98 Å². The third-order valence-corrected chi connectivity index (χ3v) is 7.61. The SMILES string of the molecule is Cc1ccc(CC2(C(=O)c3ccc(-c4ccccc4C#N)nc3C(C)(C)/C=C/c3cccc(F)c3)CC2)cc1. The highest BCUT2D eigenvalue weighted by molar-refractivity contribution is 6.04. The lowest BCUT2D eigenvalue weighted by Crippen LogP contribution is -2.26. The van der Waals surface area contributed by atoms with E-state index in [1.54, 1.807) is 12.1 Å². The predicted octanol–water partition coefficient (Wildman–Crippen LogP) is 8.26. The smallest absolute Gasteiger partial charge is 0.171 e. The summed E-state index contributed by atoms with van der Waals surface area (Å²) in [6, 6.07) is 28.1. The van der Waals surface area contributed by atoms with Crippen LogP contribution in [0.25, 0.3) is 17.3 Å². The van der Waals surface area contributed by atoms with Crippen LogP contribution in [0.2, 0.25) is 0 Å². The number of benzene rings is 3. The zero-order valence-corrected chi connectivity index (χ0v) is 22.5. The number of carbonyl (C=O) groups excluding carboxylic acids is 1. The van der Waals surface area contributed by atoms with Crippen LogP contribution in [-0.4, -0.2) is 10.8 Å². The van der Waals surface area contributed by atoms with Gasteiger partial charge in [0.25, 0.3) is 0 Å². The third-order valence-electron chi connectivity index (χ3n) is 7.61. The van der Waals surface area contributed by atoms with Crippen molar-refractivity contribution in [1.29, 1.82) is 5.26 Å². The number of allylic oxidation sites excluding steroid dienone is 1. The standard InChI is InChI=1S/C35H31FN2O/c1-24-11-13-26(14-12-24)22-35(19-20-35)33(39)30-15-16-31(29-10-5-4-8-27(29)23-37)38-32(30)34(2,3)18-17-25-7-6-9-28(36)21-25/h4-18,21H,19-20,22H2,1-3H3/b18-17+. The van der Waals surface area contributed by atoms with Crippen molar-refractivity contribution < 1.29 is 9.18 Å². The summed E-state index contributed by atoms with van der Waals surface area (Å²) in [5.41, 5.74) is 5.18. The van der Waals surface area contributed by atoms with Gasteiger partial charge in [0.15, 0.2) is 5.78 Å². The Morgan fingerprint density at radius 2 is 1.77 bits per heavy atom. The van der Waals surface area contributed by atoms with Crippen molar-refractivity contribution in [3.8, 4) is 17.3 Å². The molecule has 0 saturated heterocycles. The average Bonchev–Trinajstić information content (AvgIpc) is 3.73. The Labute approximate surface area is 229 Å². The molecule has 194 valence electrons. The topological polar surface area (TPSA) is 53.8 Å². The van der Waals surface area contributed by atoms with Gasteiger partial charge < -0.3 is 0 Å². The van der Waals surface area contributed by atoms with E-state index in [-0.39, 0.29) is 11.6 Å². The number of hydrogen-bond acceptors (Lipinski definition) is 3. The molecule has 4 aromatic rings. The molecular weight excluding hydrogens is 483 g/mol. The number of pyridine rings is 1. The first-order valence-corrected chi connectivity index (χ1v) is 13.3. The molecule has 0 atom stereocenters. The number of carbonyl (C=O) groups is 1. The normalized spacial score (nSPS) is 14.2. The van der Waals surface area contributed by atoms with Gasteiger partial charge in [0.2, 0.25) is 0 Å². The number of aromatic nitrogens is 1. The monoisotopic (exact) mass is 514 g/mol. The average molecular weight is 515 g/mol. The predicted molar refractivity (Wildman–Crippen MR) is 154 cm³/mol. The molecule has 3 nitrogen and oxygen atoms in total. The largest absolute Gasteiger partial charge is 0.293 e. The van der Waals surface area contributed by atoms with Crippen LogP contribution in [0.1, 0.15) is 65.0 Å². The van der Waals surface area contributed by atoms with Crippen LogP contribution < -0.4 is 0 Å². The molecule has 4 heteroatoms. The number of aryl methyl sites for hydroxylation is 1. The van der Waals surface area contributed by atoms with E-state index < -0.39 is 10.8 Å². The van der Waals surface area contributed by atoms with Crippen molar-refractivity contribution in [3.05, 3.63) is 130 Å². The van der Waals surface area contributed by atoms with Gasteiger partial charge in [-0.15, -0.1) is 0 Å². The molecule has 5 rings (SSSR count). The molecule has 1 saturated carbocycles. The molecule has 1 fully saturated rings. The van der Waals surface area contributed by atoms with E-state index in [9.17, 15) is 14.4 Å². The Kier molecular flexibility index (Phi) is 7.02. The number of rotatable bonds is 8. The molecule has 1 aromatic heterocycles. The fourth-order valence-electron chi connectivity index (χ4n) is 5.10. The van der Waals surface area contributed by atoms with Gasteiger partial charge in [-0.3, -0.25) is 9.78 Å². The minimum absolute atomic E-state index is 0.109. The lowest BCUT2D eigenvalue weighted by atomic mass is 9.80. The Balaban J connectivity index is 1.58. The Hall–Kier alpha value is -4.36. The maximum atomic E-state index is 14.2. The Morgan fingerprint density at radius 3 is 2.46 bits per heavy atom. The highest BCUT2D eigenvalue weighted by atomic mass is 19.1. The zero-order valence-electron chi connectivity index (χ0n) is 22.5. The van der Waals surface area contributed by atoms with Gasteiger partial charge in [-0.05, 0) is 67.6 Å². The molecule has 0 radical (unpaired) electrons. The van der Waals surface area contributed by atoms with Crippen molar-refractivity contribution in [2.45, 2.75) is 45.4 Å². The summed E-state index contributed by atoms with van der Waals surface area (Å²) in [6.45, 7) is 6.09. The lowest BCUT2D eigenvalue weighted by Gasteiger charge is -2.26. The second-order valence-electron chi connectivity index (χ2n) is 11.1. The number of nitrogens with zero attached hydrogens (tertiary/aromatic N) is 2. The van der Waals surface area contributed by atoms with Gasteiger partial charge in [-0.1, -0.05) is 86.2 Å². The van der Waals surface area contributed by atoms with Crippen LogP contribution in [0, 0.1) is 29.5 Å². The maximum absolute atomic E-state index is 14.2. The van der Waals surface area contributed by atoms with E-state index in [2.05, 4.69) is 37.3 Å². The van der Waals surface area contributed by atoms with Crippen molar-refractivity contribution in [2.75, 3.05) is 0 Å². The van der Waals surface area contributed by atoms with Crippen LogP contribution in [-0.2, 0) is 11.8 Å². The molecule has 1 aliphatic rings. The second-order valence-corrected chi connectivity index (χ2v) is 11.1. The summed E-state index contributed by atoms with van der Waals surface area (Å²) >= 11 is 0. The van der Waals surface area contributed by atoms with E-state index in [1.807, 2.05) is 62.4 Å². The number of halogens is 1. The highest BCUT2D eigenvalue weighted by Gasteiger charge is 2.50. The number of nitriles is 1. The number of ketones is 1. The van der Waals surface area contributed by atoms with E-state index >= 15 is 0 Å². The first kappa shape index (κ1) is 26.3. The fraction of sp³-hybridized carbons (Fsp3) is 0.229. The summed E-state index contributed by atoms with van der Waals surface area (Å²) in [6.07, 6.45) is 6.23. The molecular formula is C35H31FN2O. The minimum atomic E-state index is -0.644. The van der Waals surface area contributed by atoms with E-state index in [4.69, 9.17) is 4.98 Å². The molecule has 3 aromatic carbocycles. The van der Waals surface area contributed by atoms with Crippen LogP contribution in [0.15, 0.2) is 91.0 Å². The molecule has 0 amide bonds. The van der Waals surface area contributed by atoms with Gasteiger partial charge in [-0.2, -0.15) is 5.26 Å². The first-order valence-electron chi connectivity index (χ1n) is 13.3. The molecule has 0 bridgehead atoms. The van der Waals surface area contributed by atoms with E-state index in [0.29, 0.717) is 28.9 Å². The van der Waals surface area contributed by atoms with E-state index in [1.165, 1.54) is 17.7 Å². The number of Topliss-reactive ketones (excluding diaryl/α,β-unsaturated/α-hetero) is 1. The number of hydrogen-bond donors (Lipinski definition) is 0. The molecule has 0 N–H and O–H groups in total. The van der Waals surface area contributed by atoms with Gasteiger partial charge in [-0.25, -0.2) is 4.39 Å². The second kappa shape index (κ2) is 10.4. The van der Waals surface area contributed by atoms with Gasteiger partial charge in [0.1, 0.15) is 5.82 Å².